The molecule has 1 amide bonds. The Kier molecular flexibility index (Phi) is 5.72. The fourth-order valence-electron chi connectivity index (χ4n) is 2.32. The number of amides is 1. The number of halogens is 3. The van der Waals surface area contributed by atoms with Gasteiger partial charge in [-0.2, -0.15) is 23.3 Å². The van der Waals surface area contributed by atoms with Gasteiger partial charge in [-0.25, -0.2) is 0 Å². The summed E-state index contributed by atoms with van der Waals surface area (Å²) >= 11 is 0. The van der Waals surface area contributed by atoms with E-state index >= 15 is 0 Å². The topological polar surface area (TPSA) is 55.7 Å². The first-order chi connectivity index (χ1) is 11.4. The summed E-state index contributed by atoms with van der Waals surface area (Å²) in [5.41, 5.74) is -0.488. The van der Waals surface area contributed by atoms with Gasteiger partial charge in [-0.1, -0.05) is 36.4 Å². The molecular formula is C17H10F3N2NaO2. The van der Waals surface area contributed by atoms with Gasteiger partial charge in [-0.3, -0.25) is 4.79 Å². The quantitative estimate of drug-likeness (QED) is 0.423. The first-order valence-corrected chi connectivity index (χ1v) is 6.90. The normalized spacial score (nSPS) is 16.0. The zero-order chi connectivity index (χ0) is 17.3. The summed E-state index contributed by atoms with van der Waals surface area (Å²) in [7, 11) is 0. The van der Waals surface area contributed by atoms with E-state index in [0.29, 0.717) is 11.8 Å². The maximum Gasteiger partial charge on any atom is 1.00 e. The number of rotatable bonds is 2. The van der Waals surface area contributed by atoms with Crippen molar-refractivity contribution in [1.82, 2.24) is 0 Å². The van der Waals surface area contributed by atoms with Crippen molar-refractivity contribution >= 4 is 17.3 Å². The van der Waals surface area contributed by atoms with Crippen molar-refractivity contribution < 1.29 is 52.6 Å². The molecular weight excluding hydrogens is 344 g/mol. The van der Waals surface area contributed by atoms with E-state index in [0.717, 1.165) is 17.1 Å². The van der Waals surface area contributed by atoms with Crippen LogP contribution in [0.1, 0.15) is 11.1 Å². The van der Waals surface area contributed by atoms with Gasteiger partial charge in [0.15, 0.2) is 0 Å². The molecule has 4 nitrogen and oxygen atoms in total. The van der Waals surface area contributed by atoms with E-state index in [1.54, 1.807) is 30.3 Å². The molecule has 0 unspecified atom stereocenters. The largest absolute Gasteiger partial charge is 1.00 e. The van der Waals surface area contributed by atoms with E-state index in [2.05, 4.69) is 5.10 Å². The Bertz CT molecular complexity index is 848. The smallest absolute Gasteiger partial charge is 0.877 e. The van der Waals surface area contributed by atoms with Crippen molar-refractivity contribution in [1.29, 1.82) is 0 Å². The summed E-state index contributed by atoms with van der Waals surface area (Å²) in [5, 5.41) is 16.1. The molecule has 0 saturated carbocycles. The molecule has 25 heavy (non-hydrogen) atoms. The summed E-state index contributed by atoms with van der Waals surface area (Å²) in [6, 6.07) is 12.7. The molecule has 2 aromatic carbocycles. The average Bonchev–Trinajstić information content (AvgIpc) is 2.91. The Hall–Kier alpha value is -2.09. The SMILES string of the molecule is O=C1/C(=C\[O-])C(c2ccccc2)=NN1c1cccc(C(F)(F)F)c1.[Na+]. The summed E-state index contributed by atoms with van der Waals surface area (Å²) < 4.78 is 38.5. The van der Waals surface area contributed by atoms with E-state index < -0.39 is 17.6 Å². The van der Waals surface area contributed by atoms with Crippen LogP contribution in [0.2, 0.25) is 0 Å². The predicted octanol–water partition coefficient (Wildman–Crippen LogP) is -0.296. The number of carbonyl (C=O) groups is 1. The molecule has 3 rings (SSSR count). The summed E-state index contributed by atoms with van der Waals surface area (Å²) in [5.74, 6) is -0.761. The fraction of sp³-hybridized carbons (Fsp3) is 0.0588. The van der Waals surface area contributed by atoms with Gasteiger partial charge in [-0.15, -0.1) is 6.26 Å². The van der Waals surface area contributed by atoms with E-state index in [9.17, 15) is 23.1 Å². The van der Waals surface area contributed by atoms with Gasteiger partial charge in [0.2, 0.25) is 0 Å². The van der Waals surface area contributed by atoms with Crippen molar-refractivity contribution in [3.05, 3.63) is 77.6 Å². The first kappa shape index (κ1) is 19.2. The second kappa shape index (κ2) is 7.43. The number of anilines is 1. The minimum absolute atomic E-state index is 0. The Labute approximate surface area is 163 Å². The van der Waals surface area contributed by atoms with E-state index in [4.69, 9.17) is 0 Å². The van der Waals surface area contributed by atoms with Crippen molar-refractivity contribution in [2.24, 2.45) is 5.10 Å². The predicted molar refractivity (Wildman–Crippen MR) is 80.0 cm³/mol. The van der Waals surface area contributed by atoms with Crippen LogP contribution in [0.4, 0.5) is 18.9 Å². The van der Waals surface area contributed by atoms with Crippen LogP contribution >= 0.6 is 0 Å². The standard InChI is InChI=1S/C17H11F3N2O2.Na/c18-17(19,20)12-7-4-8-13(9-12)22-16(24)14(10-23)15(21-22)11-5-2-1-3-6-11;/h1-10,23H;/q;+1/p-1/b14-10-;. The van der Waals surface area contributed by atoms with Crippen LogP contribution in [0.5, 0.6) is 0 Å². The third kappa shape index (κ3) is 3.78. The van der Waals surface area contributed by atoms with Crippen molar-refractivity contribution in [2.45, 2.75) is 6.18 Å². The third-order valence-electron chi connectivity index (χ3n) is 3.46. The maximum absolute atomic E-state index is 12.8. The Morgan fingerprint density at radius 2 is 1.72 bits per heavy atom. The second-order valence-corrected chi connectivity index (χ2v) is 5.01. The summed E-state index contributed by atoms with van der Waals surface area (Å²) in [6.07, 6.45) is -4.18. The van der Waals surface area contributed by atoms with Crippen LogP contribution in [0.15, 0.2) is 71.5 Å². The van der Waals surface area contributed by atoms with Crippen LogP contribution in [0.3, 0.4) is 0 Å². The zero-order valence-electron chi connectivity index (χ0n) is 13.1. The molecule has 0 saturated heterocycles. The van der Waals surface area contributed by atoms with Crippen molar-refractivity contribution in [2.75, 3.05) is 5.01 Å². The Morgan fingerprint density at radius 1 is 1.04 bits per heavy atom. The molecule has 122 valence electrons. The third-order valence-corrected chi connectivity index (χ3v) is 3.46. The van der Waals surface area contributed by atoms with E-state index in [-0.39, 0.29) is 46.5 Å². The number of benzene rings is 2. The molecule has 1 aliphatic rings. The molecule has 0 spiro atoms. The molecule has 2 aromatic rings. The maximum atomic E-state index is 12.8. The van der Waals surface area contributed by atoms with E-state index in [1.165, 1.54) is 12.1 Å². The minimum Gasteiger partial charge on any atom is -0.877 e. The van der Waals surface area contributed by atoms with Gasteiger partial charge >= 0.3 is 35.7 Å². The Balaban J connectivity index is 0.00000225. The first-order valence-electron chi connectivity index (χ1n) is 6.90. The molecule has 0 fully saturated rings. The molecule has 0 aromatic heterocycles. The Morgan fingerprint density at radius 3 is 2.32 bits per heavy atom. The number of hydrogen-bond acceptors (Lipinski definition) is 3. The number of hydrazone groups is 1. The average molecular weight is 354 g/mol. The van der Waals surface area contributed by atoms with Gasteiger partial charge in [0.1, 0.15) is 5.71 Å². The molecule has 1 heterocycles. The number of hydrogen-bond donors (Lipinski definition) is 0. The molecule has 0 aliphatic carbocycles. The van der Waals surface area contributed by atoms with Gasteiger partial charge in [-0.05, 0) is 18.2 Å². The molecule has 1 aliphatic heterocycles. The number of carbonyl (C=O) groups excluding carboxylic acids is 1. The van der Waals surface area contributed by atoms with Crippen LogP contribution in [0, 0.1) is 0 Å². The number of alkyl halides is 3. The minimum atomic E-state index is -4.54. The van der Waals surface area contributed by atoms with E-state index in [1.807, 2.05) is 0 Å². The van der Waals surface area contributed by atoms with Crippen molar-refractivity contribution in [3.63, 3.8) is 0 Å². The monoisotopic (exact) mass is 354 g/mol. The molecule has 8 heteroatoms. The fourth-order valence-corrected chi connectivity index (χ4v) is 2.32. The second-order valence-electron chi connectivity index (χ2n) is 5.01. The van der Waals surface area contributed by atoms with Crippen LogP contribution in [0.25, 0.3) is 0 Å². The molecule has 0 bridgehead atoms. The van der Waals surface area contributed by atoms with Crippen molar-refractivity contribution in [3.8, 4) is 0 Å². The molecule has 0 radical (unpaired) electrons. The molecule has 0 atom stereocenters. The van der Waals surface area contributed by atoms with Gasteiger partial charge in [0, 0.05) is 5.56 Å². The summed E-state index contributed by atoms with van der Waals surface area (Å²) in [4.78, 5) is 12.3. The zero-order valence-corrected chi connectivity index (χ0v) is 15.1. The molecule has 0 N–H and O–H groups in total. The van der Waals surface area contributed by atoms with Crippen LogP contribution < -0.4 is 39.7 Å². The van der Waals surface area contributed by atoms with Gasteiger partial charge in [0.05, 0.1) is 16.8 Å². The summed E-state index contributed by atoms with van der Waals surface area (Å²) in [6.45, 7) is 0. The van der Waals surface area contributed by atoms with Crippen LogP contribution in [-0.4, -0.2) is 11.6 Å². The van der Waals surface area contributed by atoms with Gasteiger partial charge < -0.3 is 5.11 Å². The van der Waals surface area contributed by atoms with Crippen LogP contribution in [-0.2, 0) is 11.0 Å². The van der Waals surface area contributed by atoms with Gasteiger partial charge in [0.25, 0.3) is 5.91 Å². The number of nitrogens with zero attached hydrogens (tertiary/aromatic N) is 2.